The summed E-state index contributed by atoms with van der Waals surface area (Å²) in [5, 5.41) is 4.92. The number of carbonyl (C=O) groups is 2. The standard InChI is InChI=1S/C23H30FN3O3S.C3H8/c1-4-5-19(20-8-10-21(24)11-9-20)7-6-17(2)31(30)26-15-18-12-13-23(3,14-18)27-22(29)25-16-28;1-3-2/h4-11,16,18,26H,12-15H2,1-3H3,(H2,25,27,28,29);3H2,1-2H3/b5-4+,17-6+,19-7+;. The normalized spacial score (nSPS) is 21.5. The molecule has 8 heteroatoms. The zero-order valence-electron chi connectivity index (χ0n) is 20.8. The number of nitrogens with one attached hydrogen (secondary N) is 3. The monoisotopic (exact) mass is 491 g/mol. The molecule has 0 spiro atoms. The summed E-state index contributed by atoms with van der Waals surface area (Å²) in [4.78, 5) is 22.7. The highest BCUT2D eigenvalue weighted by atomic mass is 32.2. The molecule has 6 nitrogen and oxygen atoms in total. The second-order valence-corrected chi connectivity index (χ2v) is 10.1. The number of halogens is 1. The van der Waals surface area contributed by atoms with Gasteiger partial charge >= 0.3 is 6.03 Å². The van der Waals surface area contributed by atoms with E-state index >= 15 is 0 Å². The smallest absolute Gasteiger partial charge is 0.321 e. The molecule has 1 aliphatic rings. The fourth-order valence-corrected chi connectivity index (χ4v) is 4.47. The van der Waals surface area contributed by atoms with E-state index in [0.29, 0.717) is 17.9 Å². The van der Waals surface area contributed by atoms with Crippen LogP contribution in [0.2, 0.25) is 0 Å². The predicted octanol–water partition coefficient (Wildman–Crippen LogP) is 5.37. The minimum absolute atomic E-state index is 0.270. The molecule has 3 N–H and O–H groups in total. The Bertz CT molecular complexity index is 912. The Morgan fingerprint density at radius 1 is 1.24 bits per heavy atom. The van der Waals surface area contributed by atoms with Gasteiger partial charge in [0.15, 0.2) is 0 Å². The van der Waals surface area contributed by atoms with Crippen LogP contribution in [-0.4, -0.2) is 28.7 Å². The van der Waals surface area contributed by atoms with E-state index in [4.69, 9.17) is 0 Å². The first-order valence-corrected chi connectivity index (χ1v) is 12.8. The van der Waals surface area contributed by atoms with Crippen LogP contribution in [-0.2, 0) is 15.8 Å². The molecular formula is C26H38FN3O3S. The minimum atomic E-state index is -1.34. The topological polar surface area (TPSA) is 87.3 Å². The van der Waals surface area contributed by atoms with Gasteiger partial charge in [0, 0.05) is 17.0 Å². The Morgan fingerprint density at radius 3 is 2.47 bits per heavy atom. The fraction of sp³-hybridized carbons (Fsp3) is 0.462. The number of hydrogen-bond donors (Lipinski definition) is 3. The molecule has 1 aromatic rings. The van der Waals surface area contributed by atoms with Crippen LogP contribution in [0.4, 0.5) is 9.18 Å². The molecule has 0 radical (unpaired) electrons. The molecule has 3 amide bonds. The van der Waals surface area contributed by atoms with Crippen molar-refractivity contribution in [2.75, 3.05) is 6.54 Å². The quantitative estimate of drug-likeness (QED) is 0.320. The van der Waals surface area contributed by atoms with E-state index in [2.05, 4.69) is 29.2 Å². The van der Waals surface area contributed by atoms with Gasteiger partial charge in [0.1, 0.15) is 16.8 Å². The van der Waals surface area contributed by atoms with Gasteiger partial charge in [-0.25, -0.2) is 18.1 Å². The lowest BCUT2D eigenvalue weighted by Crippen LogP contribution is -2.48. The molecule has 0 heterocycles. The highest BCUT2D eigenvalue weighted by Crippen LogP contribution is 2.34. The van der Waals surface area contributed by atoms with Crippen molar-refractivity contribution in [3.05, 3.63) is 64.9 Å². The van der Waals surface area contributed by atoms with Crippen LogP contribution >= 0.6 is 0 Å². The minimum Gasteiger partial charge on any atom is -0.333 e. The maximum absolute atomic E-state index is 13.2. The Balaban J connectivity index is 0.00000182. The molecule has 0 saturated heterocycles. The molecule has 1 saturated carbocycles. The molecule has 1 fully saturated rings. The first kappa shape index (κ1) is 29.5. The second-order valence-electron chi connectivity index (χ2n) is 8.62. The number of imide groups is 1. The van der Waals surface area contributed by atoms with E-state index in [1.165, 1.54) is 18.6 Å². The van der Waals surface area contributed by atoms with Gasteiger partial charge < -0.3 is 5.32 Å². The second kappa shape index (κ2) is 15.3. The summed E-state index contributed by atoms with van der Waals surface area (Å²) in [6.45, 7) is 10.5. The highest BCUT2D eigenvalue weighted by Gasteiger charge is 2.36. The molecule has 0 aliphatic heterocycles. The van der Waals surface area contributed by atoms with Crippen molar-refractivity contribution in [3.8, 4) is 0 Å². The van der Waals surface area contributed by atoms with Gasteiger partial charge in [-0.3, -0.25) is 10.1 Å². The molecule has 2 rings (SSSR count). The van der Waals surface area contributed by atoms with Crippen molar-refractivity contribution in [2.24, 2.45) is 5.92 Å². The number of hydrogen-bond acceptors (Lipinski definition) is 3. The van der Waals surface area contributed by atoms with E-state index in [9.17, 15) is 18.2 Å². The van der Waals surface area contributed by atoms with E-state index in [0.717, 1.165) is 30.4 Å². The fourth-order valence-electron chi connectivity index (χ4n) is 3.66. The number of allylic oxidation sites excluding steroid dienone is 6. The van der Waals surface area contributed by atoms with Crippen LogP contribution in [0, 0.1) is 11.7 Å². The van der Waals surface area contributed by atoms with E-state index < -0.39 is 17.0 Å². The van der Waals surface area contributed by atoms with Crippen molar-refractivity contribution in [2.45, 2.75) is 65.8 Å². The van der Waals surface area contributed by atoms with Crippen molar-refractivity contribution < 1.29 is 18.2 Å². The first-order valence-electron chi connectivity index (χ1n) is 11.6. The van der Waals surface area contributed by atoms with Crippen molar-refractivity contribution in [1.82, 2.24) is 15.4 Å². The Kier molecular flexibility index (Phi) is 13.3. The maximum Gasteiger partial charge on any atom is 0.321 e. The van der Waals surface area contributed by atoms with Crippen molar-refractivity contribution in [3.63, 3.8) is 0 Å². The lowest BCUT2D eigenvalue weighted by Gasteiger charge is -2.25. The van der Waals surface area contributed by atoms with Crippen LogP contribution in [0.5, 0.6) is 0 Å². The third-order valence-corrected chi connectivity index (χ3v) is 6.42. The molecule has 3 unspecified atom stereocenters. The third kappa shape index (κ3) is 10.6. The SMILES string of the molecule is C/C=C/C(=C\C=C(/C)S(=O)NCC1CCC(C)(NC(=O)NC=O)C1)c1ccc(F)cc1.CCC. The Hall–Kier alpha value is -2.58. The average Bonchev–Trinajstić information content (AvgIpc) is 3.16. The zero-order valence-corrected chi connectivity index (χ0v) is 21.6. The van der Waals surface area contributed by atoms with Gasteiger partial charge in [0.05, 0.1) is 0 Å². The van der Waals surface area contributed by atoms with Crippen LogP contribution in [0.3, 0.4) is 0 Å². The summed E-state index contributed by atoms with van der Waals surface area (Å²) in [5.41, 5.74) is 1.38. The molecule has 0 aromatic heterocycles. The summed E-state index contributed by atoms with van der Waals surface area (Å²) in [5.74, 6) is -0.0187. The zero-order chi connectivity index (χ0) is 25.6. The van der Waals surface area contributed by atoms with Gasteiger partial charge in [-0.05, 0) is 75.3 Å². The summed E-state index contributed by atoms with van der Waals surface area (Å²) >= 11 is 0. The molecule has 1 aromatic carbocycles. The lowest BCUT2D eigenvalue weighted by atomic mass is 9.99. The number of benzene rings is 1. The number of urea groups is 1. The van der Waals surface area contributed by atoms with Gasteiger partial charge in [0.25, 0.3) is 0 Å². The largest absolute Gasteiger partial charge is 0.333 e. The molecule has 34 heavy (non-hydrogen) atoms. The van der Waals surface area contributed by atoms with Gasteiger partial charge in [-0.15, -0.1) is 0 Å². The highest BCUT2D eigenvalue weighted by molar-refractivity contribution is 7.87. The number of carbonyl (C=O) groups excluding carboxylic acids is 2. The number of rotatable bonds is 9. The van der Waals surface area contributed by atoms with Crippen molar-refractivity contribution in [1.29, 1.82) is 0 Å². The van der Waals surface area contributed by atoms with E-state index in [1.54, 1.807) is 25.1 Å². The molecule has 188 valence electrons. The Morgan fingerprint density at radius 2 is 1.88 bits per heavy atom. The Labute approximate surface area is 205 Å². The molecular weight excluding hydrogens is 453 g/mol. The predicted molar refractivity (Wildman–Crippen MR) is 139 cm³/mol. The van der Waals surface area contributed by atoms with Crippen LogP contribution in [0.15, 0.2) is 53.5 Å². The number of amides is 3. The van der Waals surface area contributed by atoms with Gasteiger partial charge in [0.2, 0.25) is 6.41 Å². The van der Waals surface area contributed by atoms with Crippen LogP contribution in [0.1, 0.15) is 65.9 Å². The summed E-state index contributed by atoms with van der Waals surface area (Å²) in [7, 11) is -1.34. The summed E-state index contributed by atoms with van der Waals surface area (Å²) < 4.78 is 28.8. The average molecular weight is 492 g/mol. The third-order valence-electron chi connectivity index (χ3n) is 5.27. The van der Waals surface area contributed by atoms with Gasteiger partial charge in [-0.2, -0.15) is 0 Å². The van der Waals surface area contributed by atoms with E-state index in [-0.39, 0.29) is 17.3 Å². The van der Waals surface area contributed by atoms with Crippen LogP contribution in [0.25, 0.3) is 5.57 Å². The van der Waals surface area contributed by atoms with Crippen molar-refractivity contribution >= 4 is 29.0 Å². The molecule has 3 atom stereocenters. The van der Waals surface area contributed by atoms with Gasteiger partial charge in [-0.1, -0.05) is 50.6 Å². The first-order chi connectivity index (χ1) is 16.2. The summed E-state index contributed by atoms with van der Waals surface area (Å²) in [6, 6.07) is 5.74. The van der Waals surface area contributed by atoms with E-state index in [1.807, 2.05) is 32.1 Å². The van der Waals surface area contributed by atoms with Crippen LogP contribution < -0.4 is 15.4 Å². The maximum atomic E-state index is 13.2. The molecule has 0 bridgehead atoms. The molecule has 1 aliphatic carbocycles. The summed E-state index contributed by atoms with van der Waals surface area (Å²) in [6.07, 6.45) is 11.5. The lowest BCUT2D eigenvalue weighted by molar-refractivity contribution is -0.108.